The summed E-state index contributed by atoms with van der Waals surface area (Å²) in [5.74, 6) is 0.738. The second-order valence-corrected chi connectivity index (χ2v) is 7.90. The summed E-state index contributed by atoms with van der Waals surface area (Å²) in [6, 6.07) is 12.8. The normalized spacial score (nSPS) is 15.3. The number of hydrogen-bond acceptors (Lipinski definition) is 3. The molecule has 1 saturated heterocycles. The molecule has 4 nitrogen and oxygen atoms in total. The molecule has 1 amide bonds. The first-order chi connectivity index (χ1) is 14.1. The van der Waals surface area contributed by atoms with Crippen LogP contribution < -0.4 is 10.1 Å². The highest BCUT2D eigenvalue weighted by Crippen LogP contribution is 2.24. The third kappa shape index (κ3) is 6.18. The fourth-order valence-corrected chi connectivity index (χ4v) is 3.96. The number of carbonyl (C=O) groups excluding carboxylic acids is 1. The average Bonchev–Trinajstić information content (AvgIpc) is 2.74. The summed E-state index contributed by atoms with van der Waals surface area (Å²) in [4.78, 5) is 14.6. The highest BCUT2D eigenvalue weighted by atomic mass is 35.5. The number of aryl methyl sites for hydroxylation is 1. The number of nitrogens with one attached hydrogen (secondary N) is 1. The number of amides is 1. The number of nitrogens with zero attached hydrogens (tertiary/aromatic N) is 1. The van der Waals surface area contributed by atoms with Gasteiger partial charge in [0.05, 0.1) is 7.11 Å². The zero-order valence-electron chi connectivity index (χ0n) is 16.8. The lowest BCUT2D eigenvalue weighted by molar-refractivity contribution is -0.126. The number of methoxy groups -OCH3 is 1. The van der Waals surface area contributed by atoms with Crippen molar-refractivity contribution in [1.29, 1.82) is 0 Å². The number of carbonyl (C=O) groups is 1. The maximum absolute atomic E-state index is 14.0. The van der Waals surface area contributed by atoms with Crippen LogP contribution in [-0.2, 0) is 17.8 Å². The Kier molecular flexibility index (Phi) is 7.90. The minimum atomic E-state index is -0.270. The molecule has 0 radical (unpaired) electrons. The molecule has 1 N–H and O–H groups in total. The second-order valence-electron chi connectivity index (χ2n) is 7.50. The van der Waals surface area contributed by atoms with Gasteiger partial charge in [-0.3, -0.25) is 9.69 Å². The number of piperidine rings is 1. The standard InChI is InChI=1S/C23H28ClFN2O2/c1-29-19-7-2-5-17(15-19)6-4-12-26-23(28)18-10-13-27(14-11-18)16-20-21(24)8-3-9-22(20)25/h2-3,5,7-9,15,18H,4,6,10-14,16H2,1H3,(H,26,28). The molecule has 3 rings (SSSR count). The largest absolute Gasteiger partial charge is 0.497 e. The SMILES string of the molecule is COc1cccc(CCCNC(=O)C2CCN(Cc3c(F)cccc3Cl)CC2)c1. The van der Waals surface area contributed by atoms with Gasteiger partial charge in [0.1, 0.15) is 11.6 Å². The maximum atomic E-state index is 14.0. The lowest BCUT2D eigenvalue weighted by Gasteiger charge is -2.31. The Balaban J connectivity index is 1.37. The lowest BCUT2D eigenvalue weighted by Crippen LogP contribution is -2.40. The Bertz CT molecular complexity index is 802. The van der Waals surface area contributed by atoms with Gasteiger partial charge in [-0.05, 0) is 68.6 Å². The third-order valence-corrected chi connectivity index (χ3v) is 5.83. The number of likely N-dealkylation sites (tertiary alicyclic amines) is 1. The van der Waals surface area contributed by atoms with E-state index in [0.717, 1.165) is 44.5 Å². The quantitative estimate of drug-likeness (QED) is 0.644. The van der Waals surface area contributed by atoms with Crippen molar-refractivity contribution in [1.82, 2.24) is 10.2 Å². The minimum Gasteiger partial charge on any atom is -0.497 e. The molecule has 0 spiro atoms. The predicted molar refractivity (Wildman–Crippen MR) is 114 cm³/mol. The Morgan fingerprint density at radius 2 is 2.00 bits per heavy atom. The van der Waals surface area contributed by atoms with E-state index in [2.05, 4.69) is 16.3 Å². The van der Waals surface area contributed by atoms with E-state index in [1.807, 2.05) is 18.2 Å². The van der Waals surface area contributed by atoms with Crippen molar-refractivity contribution < 1.29 is 13.9 Å². The fraction of sp³-hybridized carbons (Fsp3) is 0.435. The van der Waals surface area contributed by atoms with Gasteiger partial charge in [0.25, 0.3) is 0 Å². The molecule has 2 aromatic rings. The van der Waals surface area contributed by atoms with E-state index in [1.165, 1.54) is 11.6 Å². The Labute approximate surface area is 177 Å². The average molecular weight is 419 g/mol. The van der Waals surface area contributed by atoms with E-state index in [-0.39, 0.29) is 17.6 Å². The molecule has 29 heavy (non-hydrogen) atoms. The van der Waals surface area contributed by atoms with Crippen molar-refractivity contribution in [3.8, 4) is 5.75 Å². The first kappa shape index (κ1) is 21.6. The van der Waals surface area contributed by atoms with Gasteiger partial charge >= 0.3 is 0 Å². The summed E-state index contributed by atoms with van der Waals surface area (Å²) < 4.78 is 19.2. The van der Waals surface area contributed by atoms with Gasteiger partial charge in [-0.25, -0.2) is 4.39 Å². The van der Waals surface area contributed by atoms with Crippen molar-refractivity contribution in [3.05, 3.63) is 64.4 Å². The summed E-state index contributed by atoms with van der Waals surface area (Å²) in [6.07, 6.45) is 3.37. The number of benzene rings is 2. The van der Waals surface area contributed by atoms with Crippen LogP contribution >= 0.6 is 11.6 Å². The van der Waals surface area contributed by atoms with Gasteiger partial charge in [0, 0.05) is 29.6 Å². The van der Waals surface area contributed by atoms with Gasteiger partial charge in [-0.2, -0.15) is 0 Å². The van der Waals surface area contributed by atoms with Crippen LogP contribution in [0.2, 0.25) is 5.02 Å². The first-order valence-electron chi connectivity index (χ1n) is 10.1. The van der Waals surface area contributed by atoms with Crippen LogP contribution in [0.5, 0.6) is 5.75 Å². The van der Waals surface area contributed by atoms with Crippen molar-refractivity contribution >= 4 is 17.5 Å². The molecule has 0 aromatic heterocycles. The van der Waals surface area contributed by atoms with Crippen LogP contribution in [-0.4, -0.2) is 37.6 Å². The van der Waals surface area contributed by atoms with Gasteiger partial charge in [-0.15, -0.1) is 0 Å². The maximum Gasteiger partial charge on any atom is 0.223 e. The van der Waals surface area contributed by atoms with Crippen LogP contribution in [0.1, 0.15) is 30.4 Å². The molecular weight excluding hydrogens is 391 g/mol. The molecule has 1 fully saturated rings. The molecule has 0 saturated carbocycles. The third-order valence-electron chi connectivity index (χ3n) is 5.48. The van der Waals surface area contributed by atoms with Gasteiger partial charge in [0.15, 0.2) is 0 Å². The summed E-state index contributed by atoms with van der Waals surface area (Å²) in [5.41, 5.74) is 1.74. The summed E-state index contributed by atoms with van der Waals surface area (Å²) in [7, 11) is 1.66. The van der Waals surface area contributed by atoms with Crippen molar-refractivity contribution in [2.75, 3.05) is 26.7 Å². The zero-order valence-corrected chi connectivity index (χ0v) is 17.6. The van der Waals surface area contributed by atoms with E-state index in [1.54, 1.807) is 19.2 Å². The van der Waals surface area contributed by atoms with Crippen molar-refractivity contribution in [2.24, 2.45) is 5.92 Å². The molecule has 0 unspecified atom stereocenters. The second kappa shape index (κ2) is 10.6. The van der Waals surface area contributed by atoms with E-state index in [4.69, 9.17) is 16.3 Å². The Morgan fingerprint density at radius 1 is 1.24 bits per heavy atom. The topological polar surface area (TPSA) is 41.6 Å². The first-order valence-corrected chi connectivity index (χ1v) is 10.5. The van der Waals surface area contributed by atoms with Crippen molar-refractivity contribution in [3.63, 3.8) is 0 Å². The molecule has 1 heterocycles. The van der Waals surface area contributed by atoms with Gasteiger partial charge < -0.3 is 10.1 Å². The van der Waals surface area contributed by atoms with E-state index in [9.17, 15) is 9.18 Å². The Hall–Kier alpha value is -2.11. The van der Waals surface area contributed by atoms with Crippen LogP contribution in [0.15, 0.2) is 42.5 Å². The van der Waals surface area contributed by atoms with Crippen molar-refractivity contribution in [2.45, 2.75) is 32.2 Å². The predicted octanol–water partition coefficient (Wildman–Crippen LogP) is 4.45. The summed E-state index contributed by atoms with van der Waals surface area (Å²) >= 11 is 6.12. The molecular formula is C23H28ClFN2O2. The fourth-order valence-electron chi connectivity index (χ4n) is 3.74. The van der Waals surface area contributed by atoms with E-state index in [0.29, 0.717) is 23.7 Å². The van der Waals surface area contributed by atoms with Gasteiger partial charge in [-0.1, -0.05) is 29.8 Å². The highest BCUT2D eigenvalue weighted by molar-refractivity contribution is 6.31. The molecule has 1 aliphatic heterocycles. The molecule has 1 aliphatic rings. The van der Waals surface area contributed by atoms with E-state index < -0.39 is 0 Å². The van der Waals surface area contributed by atoms with Gasteiger partial charge in [0.2, 0.25) is 5.91 Å². The number of rotatable bonds is 8. The number of halogens is 2. The highest BCUT2D eigenvalue weighted by Gasteiger charge is 2.25. The van der Waals surface area contributed by atoms with Crippen LogP contribution in [0.4, 0.5) is 4.39 Å². The molecule has 0 bridgehead atoms. The molecule has 0 aliphatic carbocycles. The Morgan fingerprint density at radius 3 is 2.72 bits per heavy atom. The summed E-state index contributed by atoms with van der Waals surface area (Å²) in [5, 5.41) is 3.52. The molecule has 2 aromatic carbocycles. The zero-order chi connectivity index (χ0) is 20.6. The number of hydrogen-bond donors (Lipinski definition) is 1. The molecule has 0 atom stereocenters. The van der Waals surface area contributed by atoms with Crippen LogP contribution in [0.3, 0.4) is 0 Å². The minimum absolute atomic E-state index is 0.0270. The monoisotopic (exact) mass is 418 g/mol. The van der Waals surface area contributed by atoms with Crippen LogP contribution in [0.25, 0.3) is 0 Å². The molecule has 6 heteroatoms. The van der Waals surface area contributed by atoms with Crippen LogP contribution in [0, 0.1) is 11.7 Å². The molecule has 156 valence electrons. The van der Waals surface area contributed by atoms with E-state index >= 15 is 0 Å². The smallest absolute Gasteiger partial charge is 0.223 e. The lowest BCUT2D eigenvalue weighted by atomic mass is 9.95. The summed E-state index contributed by atoms with van der Waals surface area (Å²) in [6.45, 7) is 2.70. The number of ether oxygens (including phenoxy) is 1.